The standard InChI is InChI=1S/C7H15NO4/c1-7(3-9)6(12)5(11)4(10)2-8-7/h4-6,8-12H,2-3H2,1H3. The van der Waals surface area contributed by atoms with Gasteiger partial charge in [-0.15, -0.1) is 0 Å². The van der Waals surface area contributed by atoms with Gasteiger partial charge in [0.05, 0.1) is 18.2 Å². The van der Waals surface area contributed by atoms with Crippen molar-refractivity contribution >= 4 is 0 Å². The molecule has 1 fully saturated rings. The second-order valence-corrected chi connectivity index (χ2v) is 3.46. The summed E-state index contributed by atoms with van der Waals surface area (Å²) in [4.78, 5) is 0. The Hall–Kier alpha value is -0.200. The van der Waals surface area contributed by atoms with Gasteiger partial charge in [0.25, 0.3) is 0 Å². The number of aliphatic hydroxyl groups excluding tert-OH is 4. The topological polar surface area (TPSA) is 93.0 Å². The largest absolute Gasteiger partial charge is 0.394 e. The first-order chi connectivity index (χ1) is 5.51. The first-order valence-electron chi connectivity index (χ1n) is 3.91. The Bertz CT molecular complexity index is 165. The van der Waals surface area contributed by atoms with E-state index in [2.05, 4.69) is 5.32 Å². The first-order valence-corrected chi connectivity index (χ1v) is 3.91. The normalized spacial score (nSPS) is 49.2. The van der Waals surface area contributed by atoms with Crippen LogP contribution in [-0.2, 0) is 0 Å². The minimum Gasteiger partial charge on any atom is -0.394 e. The fourth-order valence-corrected chi connectivity index (χ4v) is 1.30. The zero-order valence-electron chi connectivity index (χ0n) is 6.94. The maximum absolute atomic E-state index is 9.43. The third-order valence-electron chi connectivity index (χ3n) is 2.41. The summed E-state index contributed by atoms with van der Waals surface area (Å²) in [7, 11) is 0. The van der Waals surface area contributed by atoms with Crippen LogP contribution in [0.15, 0.2) is 0 Å². The lowest BCUT2D eigenvalue weighted by molar-refractivity contribution is -0.128. The monoisotopic (exact) mass is 177 g/mol. The molecular weight excluding hydrogens is 162 g/mol. The van der Waals surface area contributed by atoms with Crippen LogP contribution < -0.4 is 5.32 Å². The van der Waals surface area contributed by atoms with Gasteiger partial charge >= 0.3 is 0 Å². The van der Waals surface area contributed by atoms with Crippen LogP contribution in [0.25, 0.3) is 0 Å². The molecule has 1 aliphatic rings. The smallest absolute Gasteiger partial charge is 0.109 e. The SMILES string of the molecule is CC1(CO)NCC(O)C(O)C1O. The van der Waals surface area contributed by atoms with Crippen molar-refractivity contribution in [1.82, 2.24) is 5.32 Å². The number of hydrogen-bond acceptors (Lipinski definition) is 5. The Balaban J connectivity index is 2.71. The summed E-state index contributed by atoms with van der Waals surface area (Å²) < 4.78 is 0. The molecule has 1 saturated heterocycles. The van der Waals surface area contributed by atoms with E-state index < -0.39 is 23.9 Å². The van der Waals surface area contributed by atoms with E-state index in [0.29, 0.717) is 0 Å². The van der Waals surface area contributed by atoms with Crippen molar-refractivity contribution in [2.75, 3.05) is 13.2 Å². The van der Waals surface area contributed by atoms with Crippen LogP contribution in [0.4, 0.5) is 0 Å². The molecule has 0 bridgehead atoms. The zero-order valence-corrected chi connectivity index (χ0v) is 6.94. The molecule has 0 aliphatic carbocycles. The van der Waals surface area contributed by atoms with E-state index in [1.165, 1.54) is 0 Å². The summed E-state index contributed by atoms with van der Waals surface area (Å²) in [6, 6.07) is 0. The predicted molar refractivity (Wildman–Crippen MR) is 41.5 cm³/mol. The highest BCUT2D eigenvalue weighted by Crippen LogP contribution is 2.19. The predicted octanol–water partition coefficient (Wildman–Crippen LogP) is -2.58. The maximum Gasteiger partial charge on any atom is 0.109 e. The highest BCUT2D eigenvalue weighted by molar-refractivity contribution is 5.01. The average molecular weight is 177 g/mol. The second kappa shape index (κ2) is 3.27. The van der Waals surface area contributed by atoms with E-state index in [1.54, 1.807) is 6.92 Å². The first kappa shape index (κ1) is 9.88. The van der Waals surface area contributed by atoms with E-state index in [4.69, 9.17) is 10.2 Å². The third kappa shape index (κ3) is 1.46. The summed E-state index contributed by atoms with van der Waals surface area (Å²) >= 11 is 0. The minimum atomic E-state index is -1.19. The van der Waals surface area contributed by atoms with Crippen molar-refractivity contribution in [1.29, 1.82) is 0 Å². The van der Waals surface area contributed by atoms with Crippen molar-refractivity contribution in [3.63, 3.8) is 0 Å². The van der Waals surface area contributed by atoms with Gasteiger partial charge in [0.15, 0.2) is 0 Å². The van der Waals surface area contributed by atoms with Gasteiger partial charge in [-0.1, -0.05) is 0 Å². The lowest BCUT2D eigenvalue weighted by atomic mass is 9.85. The molecule has 5 nitrogen and oxygen atoms in total. The molecule has 4 unspecified atom stereocenters. The molecule has 1 heterocycles. The van der Waals surface area contributed by atoms with Crippen LogP contribution in [0.3, 0.4) is 0 Å². The fraction of sp³-hybridized carbons (Fsp3) is 1.00. The van der Waals surface area contributed by atoms with E-state index in [0.717, 1.165) is 0 Å². The van der Waals surface area contributed by atoms with Gasteiger partial charge in [-0.25, -0.2) is 0 Å². The van der Waals surface area contributed by atoms with Crippen LogP contribution in [0.2, 0.25) is 0 Å². The molecule has 0 spiro atoms. The van der Waals surface area contributed by atoms with Crippen molar-refractivity contribution in [3.8, 4) is 0 Å². The third-order valence-corrected chi connectivity index (χ3v) is 2.41. The number of aliphatic hydroxyl groups is 4. The average Bonchev–Trinajstić information content (AvgIpc) is 2.09. The van der Waals surface area contributed by atoms with Gasteiger partial charge in [-0.2, -0.15) is 0 Å². The molecule has 1 aliphatic heterocycles. The van der Waals surface area contributed by atoms with Crippen LogP contribution in [0, 0.1) is 0 Å². The lowest BCUT2D eigenvalue weighted by Crippen LogP contribution is -2.68. The second-order valence-electron chi connectivity index (χ2n) is 3.46. The summed E-state index contributed by atoms with van der Waals surface area (Å²) in [5, 5.41) is 39.5. The molecular formula is C7H15NO4. The molecule has 0 aromatic rings. The van der Waals surface area contributed by atoms with Crippen LogP contribution >= 0.6 is 0 Å². The van der Waals surface area contributed by atoms with E-state index in [9.17, 15) is 10.2 Å². The molecule has 72 valence electrons. The lowest BCUT2D eigenvalue weighted by Gasteiger charge is -2.43. The van der Waals surface area contributed by atoms with E-state index >= 15 is 0 Å². The Morgan fingerprint density at radius 2 is 2.00 bits per heavy atom. The Morgan fingerprint density at radius 3 is 2.50 bits per heavy atom. The minimum absolute atomic E-state index is 0.176. The number of piperidine rings is 1. The summed E-state index contributed by atoms with van der Waals surface area (Å²) in [6.07, 6.45) is -3.31. The van der Waals surface area contributed by atoms with Crippen LogP contribution in [0.1, 0.15) is 6.92 Å². The summed E-state index contributed by atoms with van der Waals surface area (Å²) in [5.41, 5.74) is -0.918. The Morgan fingerprint density at radius 1 is 1.42 bits per heavy atom. The van der Waals surface area contributed by atoms with E-state index in [-0.39, 0.29) is 13.2 Å². The van der Waals surface area contributed by atoms with Crippen molar-refractivity contribution < 1.29 is 20.4 Å². The molecule has 4 atom stereocenters. The van der Waals surface area contributed by atoms with Crippen molar-refractivity contribution in [3.05, 3.63) is 0 Å². The van der Waals surface area contributed by atoms with Gasteiger partial charge in [0, 0.05) is 6.54 Å². The van der Waals surface area contributed by atoms with E-state index in [1.807, 2.05) is 0 Å². The number of hydrogen-bond donors (Lipinski definition) is 5. The van der Waals surface area contributed by atoms with Gasteiger partial charge < -0.3 is 25.7 Å². The quantitative estimate of drug-likeness (QED) is 0.303. The van der Waals surface area contributed by atoms with Crippen LogP contribution in [0.5, 0.6) is 0 Å². The zero-order chi connectivity index (χ0) is 9.35. The van der Waals surface area contributed by atoms with Gasteiger partial charge in [-0.3, -0.25) is 0 Å². The Kier molecular flexibility index (Phi) is 2.70. The number of nitrogens with one attached hydrogen (secondary N) is 1. The highest BCUT2D eigenvalue weighted by atomic mass is 16.4. The summed E-state index contributed by atoms with van der Waals surface area (Å²) in [5.74, 6) is 0. The molecule has 5 heteroatoms. The van der Waals surface area contributed by atoms with Crippen LogP contribution in [-0.4, -0.2) is 57.4 Å². The number of rotatable bonds is 1. The highest BCUT2D eigenvalue weighted by Gasteiger charge is 2.44. The molecule has 5 N–H and O–H groups in total. The molecule has 0 aromatic carbocycles. The molecule has 12 heavy (non-hydrogen) atoms. The van der Waals surface area contributed by atoms with Crippen molar-refractivity contribution in [2.24, 2.45) is 0 Å². The summed E-state index contributed by atoms with van der Waals surface area (Å²) in [6.45, 7) is 1.49. The fourth-order valence-electron chi connectivity index (χ4n) is 1.30. The Labute approximate surface area is 70.6 Å². The molecule has 1 rings (SSSR count). The van der Waals surface area contributed by atoms with Gasteiger partial charge in [0.2, 0.25) is 0 Å². The molecule has 0 saturated carbocycles. The maximum atomic E-state index is 9.43. The number of β-amino-alcohol motifs (C(OH)–C–C–N with tert-alkyl or cyclic N) is 1. The molecule has 0 aromatic heterocycles. The van der Waals surface area contributed by atoms with Gasteiger partial charge in [-0.05, 0) is 6.92 Å². The molecule has 0 radical (unpaired) electrons. The van der Waals surface area contributed by atoms with Crippen molar-refractivity contribution in [2.45, 2.75) is 30.8 Å². The molecule has 0 amide bonds. The van der Waals surface area contributed by atoms with Gasteiger partial charge in [0.1, 0.15) is 12.2 Å².